The predicted octanol–water partition coefficient (Wildman–Crippen LogP) is 2.76. The lowest BCUT2D eigenvalue weighted by Crippen LogP contribution is -2.26. The van der Waals surface area contributed by atoms with Gasteiger partial charge in [0.1, 0.15) is 0 Å². The van der Waals surface area contributed by atoms with Gasteiger partial charge in [0.05, 0.1) is 12.2 Å². The summed E-state index contributed by atoms with van der Waals surface area (Å²) in [5, 5.41) is 9.15. The fourth-order valence-electron chi connectivity index (χ4n) is 2.79. The topological polar surface area (TPSA) is 68.2 Å². The van der Waals surface area contributed by atoms with Crippen LogP contribution in [0.4, 0.5) is 0 Å². The number of hydrogen-bond acceptors (Lipinski definition) is 5. The molecular formula is C19H21NO5. The highest BCUT2D eigenvalue weighted by Gasteiger charge is 2.15. The number of carboxylic acids is 1. The lowest BCUT2D eigenvalue weighted by atomic mass is 10.1. The molecule has 0 saturated heterocycles. The van der Waals surface area contributed by atoms with Gasteiger partial charge in [-0.3, -0.25) is 4.90 Å². The van der Waals surface area contributed by atoms with Crippen LogP contribution in [0.5, 0.6) is 11.5 Å². The van der Waals surface area contributed by atoms with Crippen molar-refractivity contribution in [1.82, 2.24) is 4.90 Å². The van der Waals surface area contributed by atoms with Crippen LogP contribution >= 0.6 is 0 Å². The number of ether oxygens (including phenoxy) is 3. The van der Waals surface area contributed by atoms with E-state index in [4.69, 9.17) is 19.3 Å². The van der Waals surface area contributed by atoms with E-state index in [1.165, 1.54) is 0 Å². The number of carbonyl (C=O) groups is 1. The number of aromatic carboxylic acids is 1. The molecule has 1 aliphatic rings. The summed E-state index contributed by atoms with van der Waals surface area (Å²) in [6.45, 7) is 2.94. The number of rotatable bonds is 8. The van der Waals surface area contributed by atoms with E-state index in [1.807, 2.05) is 24.3 Å². The van der Waals surface area contributed by atoms with E-state index in [2.05, 4.69) is 4.90 Å². The van der Waals surface area contributed by atoms with Crippen molar-refractivity contribution in [3.05, 3.63) is 59.2 Å². The second-order valence-electron chi connectivity index (χ2n) is 5.90. The van der Waals surface area contributed by atoms with Gasteiger partial charge in [-0.25, -0.2) is 4.79 Å². The molecule has 1 N–H and O–H groups in total. The van der Waals surface area contributed by atoms with Crippen LogP contribution in [0.25, 0.3) is 0 Å². The average Bonchev–Trinajstić information content (AvgIpc) is 3.07. The van der Waals surface area contributed by atoms with Crippen LogP contribution in [0.2, 0.25) is 0 Å². The van der Waals surface area contributed by atoms with Crippen LogP contribution in [0.15, 0.2) is 42.5 Å². The zero-order chi connectivity index (χ0) is 17.6. The van der Waals surface area contributed by atoms with Crippen LogP contribution in [0.3, 0.4) is 0 Å². The molecule has 1 aliphatic heterocycles. The maximum atomic E-state index is 11.2. The molecule has 0 spiro atoms. The zero-order valence-corrected chi connectivity index (χ0v) is 14.1. The molecule has 0 unspecified atom stereocenters. The Bertz CT molecular complexity index is 746. The van der Waals surface area contributed by atoms with Crippen molar-refractivity contribution >= 4 is 5.97 Å². The molecule has 0 radical (unpaired) electrons. The van der Waals surface area contributed by atoms with Gasteiger partial charge in [-0.15, -0.1) is 0 Å². The molecule has 0 fully saturated rings. The van der Waals surface area contributed by atoms with Crippen molar-refractivity contribution in [2.75, 3.05) is 27.1 Å². The second-order valence-corrected chi connectivity index (χ2v) is 5.90. The third-order valence-electron chi connectivity index (χ3n) is 4.03. The SMILES string of the molecule is COCCN(Cc1cccc(C(=O)O)c1)Cc1ccc2c(c1)OCO2. The molecule has 2 aromatic carbocycles. The first kappa shape index (κ1) is 17.3. The minimum absolute atomic E-state index is 0.258. The highest BCUT2D eigenvalue weighted by molar-refractivity contribution is 5.87. The van der Waals surface area contributed by atoms with Gasteiger partial charge in [0.2, 0.25) is 6.79 Å². The lowest BCUT2D eigenvalue weighted by molar-refractivity contribution is 0.0696. The van der Waals surface area contributed by atoms with Gasteiger partial charge < -0.3 is 19.3 Å². The van der Waals surface area contributed by atoms with Gasteiger partial charge in [-0.1, -0.05) is 18.2 Å². The number of fused-ring (bicyclic) bond motifs is 1. The minimum atomic E-state index is -0.916. The first-order valence-electron chi connectivity index (χ1n) is 8.08. The summed E-state index contributed by atoms with van der Waals surface area (Å²) in [7, 11) is 1.67. The van der Waals surface area contributed by atoms with E-state index in [1.54, 1.807) is 25.3 Å². The molecule has 0 atom stereocenters. The summed E-state index contributed by atoms with van der Waals surface area (Å²) in [5.41, 5.74) is 2.36. The second kappa shape index (κ2) is 8.00. The van der Waals surface area contributed by atoms with Gasteiger partial charge in [-0.05, 0) is 35.4 Å². The zero-order valence-electron chi connectivity index (χ0n) is 14.1. The molecule has 0 saturated carbocycles. The third-order valence-corrected chi connectivity index (χ3v) is 4.03. The van der Waals surface area contributed by atoms with Crippen LogP contribution in [0, 0.1) is 0 Å². The standard InChI is InChI=1S/C19H21NO5/c1-23-8-7-20(11-14-3-2-4-16(9-14)19(21)22)12-15-5-6-17-18(10-15)25-13-24-17/h2-6,9-10H,7-8,11-13H2,1H3,(H,21,22). The van der Waals surface area contributed by atoms with E-state index < -0.39 is 5.97 Å². The van der Waals surface area contributed by atoms with Crippen molar-refractivity contribution in [2.24, 2.45) is 0 Å². The van der Waals surface area contributed by atoms with Gasteiger partial charge in [0, 0.05) is 26.7 Å². The molecule has 0 bridgehead atoms. The smallest absolute Gasteiger partial charge is 0.335 e. The largest absolute Gasteiger partial charge is 0.478 e. The van der Waals surface area contributed by atoms with Gasteiger partial charge in [0.25, 0.3) is 0 Å². The van der Waals surface area contributed by atoms with Gasteiger partial charge >= 0.3 is 5.97 Å². The average molecular weight is 343 g/mol. The Labute approximate surface area is 146 Å². The highest BCUT2D eigenvalue weighted by atomic mass is 16.7. The number of carboxylic acid groups (broad SMARTS) is 1. The molecule has 0 amide bonds. The quantitative estimate of drug-likeness (QED) is 0.795. The first-order valence-corrected chi connectivity index (χ1v) is 8.08. The summed E-state index contributed by atoms with van der Waals surface area (Å²) in [6, 6.07) is 12.9. The summed E-state index contributed by atoms with van der Waals surface area (Å²) >= 11 is 0. The highest BCUT2D eigenvalue weighted by Crippen LogP contribution is 2.32. The minimum Gasteiger partial charge on any atom is -0.478 e. The van der Waals surface area contributed by atoms with E-state index in [9.17, 15) is 4.79 Å². The van der Waals surface area contributed by atoms with Gasteiger partial charge in [-0.2, -0.15) is 0 Å². The molecular weight excluding hydrogens is 322 g/mol. The Morgan fingerprint density at radius 2 is 1.88 bits per heavy atom. The number of methoxy groups -OCH3 is 1. The Hall–Kier alpha value is -2.57. The molecule has 6 heteroatoms. The fraction of sp³-hybridized carbons (Fsp3) is 0.316. The fourth-order valence-corrected chi connectivity index (χ4v) is 2.79. The monoisotopic (exact) mass is 343 g/mol. The molecule has 0 aromatic heterocycles. The Morgan fingerprint density at radius 1 is 1.12 bits per heavy atom. The Balaban J connectivity index is 1.73. The van der Waals surface area contributed by atoms with Crippen LogP contribution < -0.4 is 9.47 Å². The number of nitrogens with zero attached hydrogens (tertiary/aromatic N) is 1. The summed E-state index contributed by atoms with van der Waals surface area (Å²) in [5.74, 6) is 0.611. The molecule has 25 heavy (non-hydrogen) atoms. The van der Waals surface area contributed by atoms with Crippen LogP contribution in [0.1, 0.15) is 21.5 Å². The molecule has 1 heterocycles. The third kappa shape index (κ3) is 4.49. The first-order chi connectivity index (χ1) is 12.2. The molecule has 3 rings (SSSR count). The molecule has 0 aliphatic carbocycles. The van der Waals surface area contributed by atoms with Crippen molar-refractivity contribution in [3.63, 3.8) is 0 Å². The lowest BCUT2D eigenvalue weighted by Gasteiger charge is -2.22. The summed E-state index contributed by atoms with van der Waals surface area (Å²) in [6.07, 6.45) is 0. The van der Waals surface area contributed by atoms with Gasteiger partial charge in [0.15, 0.2) is 11.5 Å². The summed E-state index contributed by atoms with van der Waals surface area (Å²) < 4.78 is 16.0. The van der Waals surface area contributed by atoms with Crippen molar-refractivity contribution < 1.29 is 24.1 Å². The van der Waals surface area contributed by atoms with Crippen LogP contribution in [-0.4, -0.2) is 43.0 Å². The van der Waals surface area contributed by atoms with Crippen molar-refractivity contribution in [2.45, 2.75) is 13.1 Å². The van der Waals surface area contributed by atoms with E-state index in [0.29, 0.717) is 25.3 Å². The number of benzene rings is 2. The van der Waals surface area contributed by atoms with E-state index in [0.717, 1.165) is 29.2 Å². The molecule has 2 aromatic rings. The van der Waals surface area contributed by atoms with E-state index in [-0.39, 0.29) is 6.79 Å². The molecule has 132 valence electrons. The Morgan fingerprint density at radius 3 is 2.64 bits per heavy atom. The van der Waals surface area contributed by atoms with Crippen molar-refractivity contribution in [1.29, 1.82) is 0 Å². The maximum Gasteiger partial charge on any atom is 0.335 e. The maximum absolute atomic E-state index is 11.2. The van der Waals surface area contributed by atoms with E-state index >= 15 is 0 Å². The van der Waals surface area contributed by atoms with Crippen LogP contribution in [-0.2, 0) is 17.8 Å². The normalized spacial score (nSPS) is 12.6. The molecule has 6 nitrogen and oxygen atoms in total. The summed E-state index contributed by atoms with van der Waals surface area (Å²) in [4.78, 5) is 13.4. The Kier molecular flexibility index (Phi) is 5.53. The van der Waals surface area contributed by atoms with Crippen molar-refractivity contribution in [3.8, 4) is 11.5 Å². The number of hydrogen-bond donors (Lipinski definition) is 1. The predicted molar refractivity (Wildman–Crippen MR) is 92.0 cm³/mol.